The van der Waals surface area contributed by atoms with Crippen LogP contribution in [0.3, 0.4) is 0 Å². The van der Waals surface area contributed by atoms with Crippen molar-refractivity contribution in [1.82, 2.24) is 0 Å². The monoisotopic (exact) mass is 392 g/mol. The third-order valence-electron chi connectivity index (χ3n) is 5.08. The van der Waals surface area contributed by atoms with Crippen LogP contribution in [0.4, 0.5) is 0 Å². The lowest BCUT2D eigenvalue weighted by atomic mass is 10.0. The van der Waals surface area contributed by atoms with E-state index in [-0.39, 0.29) is 11.9 Å². The number of aliphatic hydroxyl groups excluding tert-OH is 1. The highest BCUT2D eigenvalue weighted by Crippen LogP contribution is 2.15. The summed E-state index contributed by atoms with van der Waals surface area (Å²) in [6, 6.07) is 0. The molecule has 0 saturated carbocycles. The Morgan fingerprint density at radius 2 is 0.962 bits per heavy atom. The molecule has 4 nitrogen and oxygen atoms in total. The molecule has 0 aromatic heterocycles. The largest absolute Gasteiger partial charge is 0.393 e. The fraction of sp³-hybridized carbons (Fsp3) is 1.00. The molecule has 0 bridgehead atoms. The molecule has 0 aromatic carbocycles. The van der Waals surface area contributed by atoms with Gasteiger partial charge in [-0.1, -0.05) is 103 Å². The summed E-state index contributed by atoms with van der Waals surface area (Å²) < 4.78 is 29.8. The van der Waals surface area contributed by atoms with Gasteiger partial charge < -0.3 is 5.11 Å². The first-order valence-electron chi connectivity index (χ1n) is 11.1. The lowest BCUT2D eigenvalue weighted by Gasteiger charge is -2.10. The number of hydrogen-bond donors (Lipinski definition) is 2. The van der Waals surface area contributed by atoms with Gasteiger partial charge in [0.1, 0.15) is 0 Å². The SMILES string of the molecule is CCCCCCCCCCCCCC(O)CCCCCCCS(=O)(=O)O. The summed E-state index contributed by atoms with van der Waals surface area (Å²) in [5.41, 5.74) is 0. The molecule has 158 valence electrons. The first-order chi connectivity index (χ1) is 12.5. The Hall–Kier alpha value is -0.130. The van der Waals surface area contributed by atoms with Crippen LogP contribution in [0.5, 0.6) is 0 Å². The predicted molar refractivity (Wildman–Crippen MR) is 111 cm³/mol. The summed E-state index contributed by atoms with van der Waals surface area (Å²) in [5.74, 6) is -0.130. The maximum absolute atomic E-state index is 10.6. The molecule has 0 fully saturated rings. The molecule has 0 aliphatic carbocycles. The van der Waals surface area contributed by atoms with Crippen LogP contribution >= 0.6 is 0 Å². The highest BCUT2D eigenvalue weighted by molar-refractivity contribution is 7.85. The summed E-state index contributed by atoms with van der Waals surface area (Å²) >= 11 is 0. The molecule has 0 aliphatic rings. The quantitative estimate of drug-likeness (QED) is 0.189. The molecule has 1 unspecified atom stereocenters. The third kappa shape index (κ3) is 21.9. The van der Waals surface area contributed by atoms with Gasteiger partial charge in [0, 0.05) is 0 Å². The maximum atomic E-state index is 10.6. The van der Waals surface area contributed by atoms with Gasteiger partial charge in [0.15, 0.2) is 0 Å². The van der Waals surface area contributed by atoms with Crippen molar-refractivity contribution in [3.63, 3.8) is 0 Å². The molecule has 5 heteroatoms. The first kappa shape index (κ1) is 25.9. The van der Waals surface area contributed by atoms with Crippen LogP contribution in [-0.4, -0.2) is 29.9 Å². The molecule has 1 atom stereocenters. The van der Waals surface area contributed by atoms with Crippen molar-refractivity contribution in [2.24, 2.45) is 0 Å². The second kappa shape index (κ2) is 18.2. The molecule has 0 saturated heterocycles. The van der Waals surface area contributed by atoms with E-state index in [9.17, 15) is 13.5 Å². The van der Waals surface area contributed by atoms with Crippen LogP contribution in [0, 0.1) is 0 Å². The highest BCUT2D eigenvalue weighted by Gasteiger charge is 2.05. The van der Waals surface area contributed by atoms with E-state index in [4.69, 9.17) is 4.55 Å². The lowest BCUT2D eigenvalue weighted by molar-refractivity contribution is 0.147. The van der Waals surface area contributed by atoms with E-state index in [0.717, 1.165) is 44.9 Å². The van der Waals surface area contributed by atoms with E-state index in [1.807, 2.05) is 0 Å². The number of hydrogen-bond acceptors (Lipinski definition) is 3. The van der Waals surface area contributed by atoms with Crippen molar-refractivity contribution in [2.75, 3.05) is 5.75 Å². The summed E-state index contributed by atoms with van der Waals surface area (Å²) in [5, 5.41) is 9.99. The van der Waals surface area contributed by atoms with Crippen molar-refractivity contribution >= 4 is 10.1 Å². The summed E-state index contributed by atoms with van der Waals surface area (Å²) in [4.78, 5) is 0. The Labute approximate surface area is 162 Å². The summed E-state index contributed by atoms with van der Waals surface area (Å²) in [6.45, 7) is 2.26. The van der Waals surface area contributed by atoms with Crippen molar-refractivity contribution in [3.05, 3.63) is 0 Å². The average Bonchev–Trinajstić information content (AvgIpc) is 2.58. The van der Waals surface area contributed by atoms with Crippen molar-refractivity contribution < 1.29 is 18.1 Å². The Morgan fingerprint density at radius 1 is 0.615 bits per heavy atom. The zero-order valence-corrected chi connectivity index (χ0v) is 17.9. The van der Waals surface area contributed by atoms with Gasteiger partial charge in [-0.2, -0.15) is 8.42 Å². The van der Waals surface area contributed by atoms with Crippen LogP contribution in [0.15, 0.2) is 0 Å². The number of aliphatic hydroxyl groups is 1. The molecule has 0 rings (SSSR count). The van der Waals surface area contributed by atoms with Crippen molar-refractivity contribution in [1.29, 1.82) is 0 Å². The normalized spacial score (nSPS) is 13.2. The Balaban J connectivity index is 3.21. The van der Waals surface area contributed by atoms with Crippen LogP contribution in [0.25, 0.3) is 0 Å². The van der Waals surface area contributed by atoms with E-state index >= 15 is 0 Å². The van der Waals surface area contributed by atoms with Gasteiger partial charge in [0.05, 0.1) is 11.9 Å². The van der Waals surface area contributed by atoms with Gasteiger partial charge in [-0.3, -0.25) is 4.55 Å². The number of unbranched alkanes of at least 4 members (excludes halogenated alkanes) is 14. The predicted octanol–water partition coefficient (Wildman–Crippen LogP) is 6.28. The third-order valence-corrected chi connectivity index (χ3v) is 5.89. The molecule has 0 amide bonds. The van der Waals surface area contributed by atoms with Crippen molar-refractivity contribution in [3.8, 4) is 0 Å². The molecule has 0 aliphatic heterocycles. The highest BCUT2D eigenvalue weighted by atomic mass is 32.2. The first-order valence-corrected chi connectivity index (χ1v) is 12.7. The fourth-order valence-electron chi connectivity index (χ4n) is 3.38. The second-order valence-corrected chi connectivity index (χ2v) is 9.39. The zero-order valence-electron chi connectivity index (χ0n) is 17.1. The summed E-state index contributed by atoms with van der Waals surface area (Å²) in [6.07, 6.45) is 20.6. The molecule has 0 heterocycles. The average molecular weight is 393 g/mol. The van der Waals surface area contributed by atoms with Gasteiger partial charge in [0.25, 0.3) is 10.1 Å². The van der Waals surface area contributed by atoms with E-state index in [1.165, 1.54) is 64.2 Å². The van der Waals surface area contributed by atoms with E-state index in [1.54, 1.807) is 0 Å². The van der Waals surface area contributed by atoms with Gasteiger partial charge in [-0.15, -0.1) is 0 Å². The molecule has 0 spiro atoms. The van der Waals surface area contributed by atoms with Crippen LogP contribution < -0.4 is 0 Å². The Morgan fingerprint density at radius 3 is 1.35 bits per heavy atom. The summed E-state index contributed by atoms with van der Waals surface area (Å²) in [7, 11) is -3.80. The van der Waals surface area contributed by atoms with Gasteiger partial charge in [-0.05, 0) is 19.3 Å². The van der Waals surface area contributed by atoms with E-state index in [0.29, 0.717) is 6.42 Å². The molecule has 0 aromatic rings. The molecular formula is C21H44O4S. The lowest BCUT2D eigenvalue weighted by Crippen LogP contribution is -2.06. The fourth-order valence-corrected chi connectivity index (χ4v) is 3.95. The van der Waals surface area contributed by atoms with Crippen LogP contribution in [0.2, 0.25) is 0 Å². The minimum atomic E-state index is -3.80. The minimum Gasteiger partial charge on any atom is -0.393 e. The smallest absolute Gasteiger partial charge is 0.264 e. The molecule has 26 heavy (non-hydrogen) atoms. The topological polar surface area (TPSA) is 74.6 Å². The zero-order chi connectivity index (χ0) is 19.5. The van der Waals surface area contributed by atoms with Gasteiger partial charge >= 0.3 is 0 Å². The van der Waals surface area contributed by atoms with E-state index < -0.39 is 10.1 Å². The Kier molecular flexibility index (Phi) is 18.2. The van der Waals surface area contributed by atoms with Crippen LogP contribution in [0.1, 0.15) is 122 Å². The van der Waals surface area contributed by atoms with Gasteiger partial charge in [0.2, 0.25) is 0 Å². The molecular weight excluding hydrogens is 348 g/mol. The van der Waals surface area contributed by atoms with Crippen LogP contribution in [-0.2, 0) is 10.1 Å². The Bertz CT molecular complexity index is 381. The van der Waals surface area contributed by atoms with Crippen molar-refractivity contribution in [2.45, 2.75) is 129 Å². The number of rotatable bonds is 20. The minimum absolute atomic E-state index is 0.130. The maximum Gasteiger partial charge on any atom is 0.264 e. The second-order valence-electron chi connectivity index (χ2n) is 7.82. The molecule has 2 N–H and O–H groups in total. The van der Waals surface area contributed by atoms with Gasteiger partial charge in [-0.25, -0.2) is 0 Å². The molecule has 0 radical (unpaired) electrons. The standard InChI is InChI=1S/C21H44O4S/c1-2-3-4-5-6-7-8-9-10-12-15-18-21(22)19-16-13-11-14-17-20-26(23,24)25/h21-22H,2-20H2,1H3,(H,23,24,25). The van der Waals surface area contributed by atoms with E-state index in [2.05, 4.69) is 6.92 Å².